The number of benzene rings is 1. The van der Waals surface area contributed by atoms with Gasteiger partial charge < -0.3 is 9.88 Å². The van der Waals surface area contributed by atoms with Crippen molar-refractivity contribution in [2.75, 3.05) is 5.75 Å². The fraction of sp³-hybridized carbons (Fsp3) is 0.320. The molecule has 11 heteroatoms. The van der Waals surface area contributed by atoms with Gasteiger partial charge in [-0.05, 0) is 62.1 Å². The summed E-state index contributed by atoms with van der Waals surface area (Å²) in [6.45, 7) is 5.32. The smallest absolute Gasteiger partial charge is 0.348 e. The van der Waals surface area contributed by atoms with Crippen LogP contribution in [0.1, 0.15) is 52.8 Å². The van der Waals surface area contributed by atoms with E-state index >= 15 is 0 Å². The van der Waals surface area contributed by atoms with Gasteiger partial charge in [0.25, 0.3) is 5.91 Å². The molecule has 1 aliphatic heterocycles. The number of fused-ring (bicyclic) bond motifs is 1. The molecule has 7 nitrogen and oxygen atoms in total. The van der Waals surface area contributed by atoms with E-state index in [2.05, 4.69) is 10.3 Å². The third-order valence-corrected chi connectivity index (χ3v) is 7.99. The summed E-state index contributed by atoms with van der Waals surface area (Å²) in [7, 11) is -3.27. The van der Waals surface area contributed by atoms with Crippen LogP contribution in [0.25, 0.3) is 11.1 Å². The zero-order valence-corrected chi connectivity index (χ0v) is 20.6. The molecular formula is C25H24F3N3O4S. The molecule has 190 valence electrons. The summed E-state index contributed by atoms with van der Waals surface area (Å²) in [6, 6.07) is 6.75. The molecule has 3 heterocycles. The molecule has 0 atom stereocenters. The molecule has 36 heavy (non-hydrogen) atoms. The molecule has 0 saturated heterocycles. The molecule has 0 radical (unpaired) electrons. The number of aromatic nitrogens is 2. The Bertz CT molecular complexity index is 1530. The normalized spacial score (nSPS) is 14.6. The number of nitrogens with zero attached hydrogens (tertiary/aromatic N) is 2. The van der Waals surface area contributed by atoms with Crippen LogP contribution in [0, 0.1) is 6.92 Å². The van der Waals surface area contributed by atoms with Crippen molar-refractivity contribution < 1.29 is 26.4 Å². The number of aryl methyl sites for hydroxylation is 1. The van der Waals surface area contributed by atoms with Crippen LogP contribution in [-0.4, -0.2) is 29.6 Å². The molecule has 0 spiro atoms. The highest BCUT2D eigenvalue weighted by molar-refractivity contribution is 7.91. The van der Waals surface area contributed by atoms with Gasteiger partial charge in [0.2, 0.25) is 5.43 Å². The molecule has 4 rings (SSSR count). The Kier molecular flexibility index (Phi) is 6.54. The van der Waals surface area contributed by atoms with Gasteiger partial charge in [-0.15, -0.1) is 0 Å². The molecule has 3 aromatic rings. The van der Waals surface area contributed by atoms with Gasteiger partial charge in [0, 0.05) is 36.2 Å². The van der Waals surface area contributed by atoms with Crippen LogP contribution in [0.2, 0.25) is 0 Å². The molecule has 1 aliphatic rings. The first kappa shape index (κ1) is 25.6. The SMILES string of the molecule is Cc1c(-c2ccnc(C(F)(F)F)c2)c(=O)c(C(=O)NCc2ccc3c(c2)CCS3(=O)=O)cn1C(C)C. The lowest BCUT2D eigenvalue weighted by Gasteiger charge is -2.20. The monoisotopic (exact) mass is 519 g/mol. The van der Waals surface area contributed by atoms with Crippen molar-refractivity contribution in [3.63, 3.8) is 0 Å². The molecule has 1 N–H and O–H groups in total. The van der Waals surface area contributed by atoms with Crippen LogP contribution in [0.4, 0.5) is 13.2 Å². The molecule has 1 aromatic carbocycles. The molecule has 0 saturated carbocycles. The highest BCUT2D eigenvalue weighted by Gasteiger charge is 2.33. The Morgan fingerprint density at radius 2 is 1.92 bits per heavy atom. The van der Waals surface area contributed by atoms with Crippen LogP contribution in [0.15, 0.2) is 52.4 Å². The summed E-state index contributed by atoms with van der Waals surface area (Å²) < 4.78 is 65.4. The van der Waals surface area contributed by atoms with Gasteiger partial charge in [-0.2, -0.15) is 13.2 Å². The fourth-order valence-electron chi connectivity index (χ4n) is 4.38. The Hall–Kier alpha value is -3.47. The second-order valence-corrected chi connectivity index (χ2v) is 11.0. The number of carbonyl (C=O) groups excluding carboxylic acids is 1. The predicted molar refractivity (Wildman–Crippen MR) is 127 cm³/mol. The molecular weight excluding hydrogens is 495 g/mol. The maximum absolute atomic E-state index is 13.4. The summed E-state index contributed by atoms with van der Waals surface area (Å²) in [5.41, 5.74) is -0.260. The average molecular weight is 520 g/mol. The highest BCUT2D eigenvalue weighted by atomic mass is 32.2. The molecule has 0 aliphatic carbocycles. The van der Waals surface area contributed by atoms with E-state index in [1.165, 1.54) is 18.3 Å². The first-order valence-corrected chi connectivity index (χ1v) is 12.9. The topological polar surface area (TPSA) is 98.1 Å². The number of hydrogen-bond donors (Lipinski definition) is 1. The predicted octanol–water partition coefficient (Wildman–Crippen LogP) is 4.08. The molecule has 0 fully saturated rings. The number of pyridine rings is 2. The standard InChI is InChI=1S/C25H24F3N3O4S/c1-14(2)31-13-19(23(32)22(15(31)3)18-6-8-29-21(11-18)25(26,27)28)24(33)30-12-16-4-5-20-17(10-16)7-9-36(20,34)35/h4-6,8,10-11,13-14H,7,9,12H2,1-3H3,(H,30,33). The Balaban J connectivity index is 1.70. The second-order valence-electron chi connectivity index (χ2n) is 8.95. The summed E-state index contributed by atoms with van der Waals surface area (Å²) in [6.07, 6.45) is -1.91. The number of amides is 1. The van der Waals surface area contributed by atoms with E-state index in [1.807, 2.05) is 13.8 Å². The van der Waals surface area contributed by atoms with Crippen LogP contribution in [0.3, 0.4) is 0 Å². The molecule has 2 aromatic heterocycles. The number of alkyl halides is 3. The summed E-state index contributed by atoms with van der Waals surface area (Å²) >= 11 is 0. The van der Waals surface area contributed by atoms with Crippen LogP contribution >= 0.6 is 0 Å². The van der Waals surface area contributed by atoms with E-state index in [1.54, 1.807) is 23.6 Å². The second kappa shape index (κ2) is 9.20. The van der Waals surface area contributed by atoms with Gasteiger partial charge in [0.1, 0.15) is 11.3 Å². The van der Waals surface area contributed by atoms with Crippen molar-refractivity contribution in [3.8, 4) is 11.1 Å². The minimum absolute atomic E-state index is 0.00742. The molecule has 1 amide bonds. The zero-order valence-electron chi connectivity index (χ0n) is 19.8. The number of sulfone groups is 1. The summed E-state index contributed by atoms with van der Waals surface area (Å²) in [5, 5.41) is 2.67. The van der Waals surface area contributed by atoms with Crippen molar-refractivity contribution in [1.82, 2.24) is 14.9 Å². The number of nitrogens with one attached hydrogen (secondary N) is 1. The lowest BCUT2D eigenvalue weighted by molar-refractivity contribution is -0.141. The Morgan fingerprint density at radius 1 is 1.19 bits per heavy atom. The quantitative estimate of drug-likeness (QED) is 0.548. The number of rotatable bonds is 5. The van der Waals surface area contributed by atoms with Crippen molar-refractivity contribution >= 4 is 15.7 Å². The third kappa shape index (κ3) is 4.79. The average Bonchev–Trinajstić information content (AvgIpc) is 3.11. The molecule has 0 unspecified atom stereocenters. The van der Waals surface area contributed by atoms with Crippen molar-refractivity contribution in [1.29, 1.82) is 0 Å². The maximum Gasteiger partial charge on any atom is 0.433 e. The van der Waals surface area contributed by atoms with E-state index in [4.69, 9.17) is 0 Å². The van der Waals surface area contributed by atoms with E-state index in [0.717, 1.165) is 12.3 Å². The lowest BCUT2D eigenvalue weighted by atomic mass is 10.00. The number of halogens is 3. The van der Waals surface area contributed by atoms with Crippen molar-refractivity contribution in [2.45, 2.75) is 50.9 Å². The largest absolute Gasteiger partial charge is 0.433 e. The van der Waals surface area contributed by atoms with Crippen LogP contribution in [0.5, 0.6) is 0 Å². The van der Waals surface area contributed by atoms with Gasteiger partial charge in [-0.25, -0.2) is 8.42 Å². The zero-order chi connectivity index (χ0) is 26.4. The first-order valence-electron chi connectivity index (χ1n) is 11.2. The van der Waals surface area contributed by atoms with Gasteiger partial charge in [0.15, 0.2) is 9.84 Å². The minimum atomic E-state index is -4.69. The minimum Gasteiger partial charge on any atom is -0.348 e. The maximum atomic E-state index is 13.4. The Morgan fingerprint density at radius 3 is 2.58 bits per heavy atom. The van der Waals surface area contributed by atoms with Crippen LogP contribution < -0.4 is 10.7 Å². The van der Waals surface area contributed by atoms with E-state index in [9.17, 15) is 31.2 Å². The molecule has 0 bridgehead atoms. The highest BCUT2D eigenvalue weighted by Crippen LogP contribution is 2.31. The van der Waals surface area contributed by atoms with E-state index in [-0.39, 0.29) is 39.9 Å². The van der Waals surface area contributed by atoms with Crippen molar-refractivity contribution in [3.05, 3.63) is 81.0 Å². The summed E-state index contributed by atoms with van der Waals surface area (Å²) in [4.78, 5) is 30.1. The third-order valence-electron chi connectivity index (χ3n) is 6.18. The van der Waals surface area contributed by atoms with Gasteiger partial charge in [-0.1, -0.05) is 12.1 Å². The van der Waals surface area contributed by atoms with Crippen molar-refractivity contribution in [2.24, 2.45) is 0 Å². The lowest BCUT2D eigenvalue weighted by Crippen LogP contribution is -2.31. The van der Waals surface area contributed by atoms with Gasteiger partial charge >= 0.3 is 6.18 Å². The Labute approximate surface area is 205 Å². The fourth-order valence-corrected chi connectivity index (χ4v) is 5.92. The van der Waals surface area contributed by atoms with Gasteiger partial charge in [0.05, 0.1) is 10.6 Å². The van der Waals surface area contributed by atoms with E-state index in [0.29, 0.717) is 23.2 Å². The van der Waals surface area contributed by atoms with Gasteiger partial charge in [-0.3, -0.25) is 14.6 Å². The number of carbonyl (C=O) groups is 1. The number of hydrogen-bond acceptors (Lipinski definition) is 5. The summed E-state index contributed by atoms with van der Waals surface area (Å²) in [5.74, 6) is -0.641. The first-order chi connectivity index (χ1) is 16.8. The van der Waals surface area contributed by atoms with E-state index < -0.39 is 33.0 Å². The van der Waals surface area contributed by atoms with Crippen LogP contribution in [-0.2, 0) is 29.0 Å².